The molecule has 16 heavy (non-hydrogen) atoms. The third kappa shape index (κ3) is 5.27. The van der Waals surface area contributed by atoms with Crippen molar-refractivity contribution in [3.63, 3.8) is 0 Å². The summed E-state index contributed by atoms with van der Waals surface area (Å²) >= 11 is 3.33. The highest BCUT2D eigenvalue weighted by atomic mass is 79.9. The van der Waals surface area contributed by atoms with Crippen molar-refractivity contribution < 1.29 is 9.53 Å². The maximum Gasteiger partial charge on any atom is 0.236 e. The molecule has 94 valence electrons. The van der Waals surface area contributed by atoms with Crippen LogP contribution < -0.4 is 5.32 Å². The van der Waals surface area contributed by atoms with Gasteiger partial charge in [0.15, 0.2) is 0 Å². The van der Waals surface area contributed by atoms with Gasteiger partial charge in [0.25, 0.3) is 0 Å². The number of hydrogen-bond donors (Lipinski definition) is 1. The van der Waals surface area contributed by atoms with E-state index in [0.29, 0.717) is 0 Å². The Morgan fingerprint density at radius 3 is 2.62 bits per heavy atom. The Kier molecular flexibility index (Phi) is 5.72. The van der Waals surface area contributed by atoms with E-state index in [-0.39, 0.29) is 5.91 Å². The van der Waals surface area contributed by atoms with Gasteiger partial charge in [-0.3, -0.25) is 9.69 Å². The van der Waals surface area contributed by atoms with E-state index in [0.717, 1.165) is 45.8 Å². The quantitative estimate of drug-likeness (QED) is 0.607. The molecule has 0 radical (unpaired) electrons. The minimum atomic E-state index is -0.466. The molecule has 4 nitrogen and oxygen atoms in total. The zero-order valence-electron chi connectivity index (χ0n) is 10.1. The average molecular weight is 293 g/mol. The number of rotatable bonds is 5. The molecule has 1 fully saturated rings. The molecular formula is C11H21BrN2O2. The molecule has 0 spiro atoms. The summed E-state index contributed by atoms with van der Waals surface area (Å²) in [4.78, 5) is 13.9. The molecule has 0 aliphatic carbocycles. The van der Waals surface area contributed by atoms with Crippen LogP contribution in [0.25, 0.3) is 0 Å². The maximum absolute atomic E-state index is 11.5. The average Bonchev–Trinajstić information content (AvgIpc) is 2.24. The van der Waals surface area contributed by atoms with Crippen molar-refractivity contribution >= 4 is 21.8 Å². The second kappa shape index (κ2) is 6.57. The van der Waals surface area contributed by atoms with Gasteiger partial charge in [-0.05, 0) is 26.8 Å². The van der Waals surface area contributed by atoms with E-state index < -0.39 is 4.32 Å². The summed E-state index contributed by atoms with van der Waals surface area (Å²) in [5, 5.41) is 2.92. The minimum absolute atomic E-state index is 0.0504. The standard InChI is InChI=1S/C11H21BrN2O2/c1-11(2,12)10(15)13-4-3-5-14-6-8-16-9-7-14/h3-9H2,1-2H3,(H,13,15). The van der Waals surface area contributed by atoms with E-state index in [1.165, 1.54) is 0 Å². The highest BCUT2D eigenvalue weighted by molar-refractivity contribution is 9.10. The van der Waals surface area contributed by atoms with Crippen LogP contribution in [0.2, 0.25) is 0 Å². The van der Waals surface area contributed by atoms with Crippen LogP contribution in [-0.4, -0.2) is 54.5 Å². The van der Waals surface area contributed by atoms with Crippen LogP contribution >= 0.6 is 15.9 Å². The van der Waals surface area contributed by atoms with Gasteiger partial charge in [-0.15, -0.1) is 0 Å². The predicted octanol–water partition coefficient (Wildman–Crippen LogP) is 0.998. The van der Waals surface area contributed by atoms with Gasteiger partial charge in [0, 0.05) is 19.6 Å². The Labute approximate surface area is 106 Å². The Hall–Kier alpha value is -0.130. The van der Waals surface area contributed by atoms with Gasteiger partial charge in [0.2, 0.25) is 5.91 Å². The van der Waals surface area contributed by atoms with Crippen molar-refractivity contribution in [3.05, 3.63) is 0 Å². The van der Waals surface area contributed by atoms with Crippen molar-refractivity contribution in [2.45, 2.75) is 24.6 Å². The normalized spacial score (nSPS) is 18.4. The minimum Gasteiger partial charge on any atom is -0.379 e. The summed E-state index contributed by atoms with van der Waals surface area (Å²) in [5.74, 6) is 0.0504. The summed E-state index contributed by atoms with van der Waals surface area (Å²) in [6.07, 6.45) is 0.995. The van der Waals surface area contributed by atoms with Gasteiger partial charge in [0.05, 0.1) is 17.5 Å². The zero-order chi connectivity index (χ0) is 12.0. The van der Waals surface area contributed by atoms with E-state index in [4.69, 9.17) is 4.74 Å². The molecule has 0 saturated carbocycles. The molecule has 0 aromatic heterocycles. The van der Waals surface area contributed by atoms with E-state index >= 15 is 0 Å². The van der Waals surface area contributed by atoms with Crippen LogP contribution in [0.3, 0.4) is 0 Å². The summed E-state index contributed by atoms with van der Waals surface area (Å²) in [7, 11) is 0. The van der Waals surface area contributed by atoms with E-state index in [9.17, 15) is 4.79 Å². The molecule has 0 aromatic rings. The fraction of sp³-hybridized carbons (Fsp3) is 0.909. The summed E-state index contributed by atoms with van der Waals surface area (Å²) < 4.78 is 4.81. The Bertz CT molecular complexity index is 223. The van der Waals surface area contributed by atoms with Gasteiger partial charge in [0.1, 0.15) is 0 Å². The zero-order valence-corrected chi connectivity index (χ0v) is 11.7. The highest BCUT2D eigenvalue weighted by Gasteiger charge is 2.22. The third-order valence-electron chi connectivity index (χ3n) is 2.58. The largest absolute Gasteiger partial charge is 0.379 e. The number of hydrogen-bond acceptors (Lipinski definition) is 3. The number of nitrogens with one attached hydrogen (secondary N) is 1. The number of nitrogens with zero attached hydrogens (tertiary/aromatic N) is 1. The molecular weight excluding hydrogens is 272 g/mol. The highest BCUT2D eigenvalue weighted by Crippen LogP contribution is 2.14. The monoisotopic (exact) mass is 292 g/mol. The first kappa shape index (κ1) is 13.9. The molecule has 0 bridgehead atoms. The van der Waals surface area contributed by atoms with Gasteiger partial charge in [-0.1, -0.05) is 15.9 Å². The number of morpholine rings is 1. The van der Waals surface area contributed by atoms with Crippen LogP contribution in [0.1, 0.15) is 20.3 Å². The summed E-state index contributed by atoms with van der Waals surface area (Å²) in [5.41, 5.74) is 0. The lowest BCUT2D eigenvalue weighted by Crippen LogP contribution is -2.40. The number of alkyl halides is 1. The number of amides is 1. The number of halogens is 1. The lowest BCUT2D eigenvalue weighted by atomic mass is 10.2. The van der Waals surface area contributed by atoms with Crippen molar-refractivity contribution in [1.82, 2.24) is 10.2 Å². The van der Waals surface area contributed by atoms with Crippen LogP contribution in [-0.2, 0) is 9.53 Å². The van der Waals surface area contributed by atoms with E-state index in [1.54, 1.807) is 0 Å². The number of carbonyl (C=O) groups excluding carboxylic acids is 1. The van der Waals surface area contributed by atoms with Gasteiger partial charge in [-0.2, -0.15) is 0 Å². The Morgan fingerprint density at radius 1 is 1.44 bits per heavy atom. The predicted molar refractivity (Wildman–Crippen MR) is 67.9 cm³/mol. The molecule has 0 atom stereocenters. The van der Waals surface area contributed by atoms with Gasteiger partial charge in [-0.25, -0.2) is 0 Å². The van der Waals surface area contributed by atoms with E-state index in [2.05, 4.69) is 26.1 Å². The molecule has 5 heteroatoms. The van der Waals surface area contributed by atoms with Crippen LogP contribution in [0.15, 0.2) is 0 Å². The molecule has 1 amide bonds. The van der Waals surface area contributed by atoms with Crippen molar-refractivity contribution in [1.29, 1.82) is 0 Å². The van der Waals surface area contributed by atoms with Crippen LogP contribution in [0, 0.1) is 0 Å². The van der Waals surface area contributed by atoms with E-state index in [1.807, 2.05) is 13.8 Å². The molecule has 1 aliphatic heterocycles. The SMILES string of the molecule is CC(C)(Br)C(=O)NCCCN1CCOCC1. The molecule has 0 aromatic carbocycles. The second-order valence-corrected chi connectivity index (χ2v) is 6.52. The smallest absolute Gasteiger partial charge is 0.236 e. The lowest BCUT2D eigenvalue weighted by molar-refractivity contribution is -0.122. The Morgan fingerprint density at radius 2 is 2.06 bits per heavy atom. The summed E-state index contributed by atoms with van der Waals surface area (Å²) in [6, 6.07) is 0. The first-order valence-corrected chi connectivity index (χ1v) is 6.57. The fourth-order valence-corrected chi connectivity index (χ4v) is 1.68. The number of ether oxygens (including phenoxy) is 1. The van der Waals surface area contributed by atoms with Crippen molar-refractivity contribution in [2.24, 2.45) is 0 Å². The molecule has 1 aliphatic rings. The maximum atomic E-state index is 11.5. The molecule has 0 unspecified atom stereocenters. The van der Waals surface area contributed by atoms with Gasteiger partial charge < -0.3 is 10.1 Å². The molecule has 1 heterocycles. The first-order chi connectivity index (χ1) is 7.50. The molecule has 1 rings (SSSR count). The lowest BCUT2D eigenvalue weighted by Gasteiger charge is -2.26. The second-order valence-electron chi connectivity index (χ2n) is 4.54. The van der Waals surface area contributed by atoms with Crippen molar-refractivity contribution in [3.8, 4) is 0 Å². The van der Waals surface area contributed by atoms with Crippen LogP contribution in [0.4, 0.5) is 0 Å². The Balaban J connectivity index is 2.05. The van der Waals surface area contributed by atoms with Gasteiger partial charge >= 0.3 is 0 Å². The van der Waals surface area contributed by atoms with Crippen LogP contribution in [0.5, 0.6) is 0 Å². The number of carbonyl (C=O) groups is 1. The summed E-state index contributed by atoms with van der Waals surface area (Å²) in [6.45, 7) is 9.17. The molecule has 1 saturated heterocycles. The molecule has 1 N–H and O–H groups in total. The fourth-order valence-electron chi connectivity index (χ4n) is 1.54. The third-order valence-corrected chi connectivity index (χ3v) is 2.94. The first-order valence-electron chi connectivity index (χ1n) is 5.77. The topological polar surface area (TPSA) is 41.6 Å². The van der Waals surface area contributed by atoms with Crippen molar-refractivity contribution in [2.75, 3.05) is 39.4 Å².